The first-order valence-electron chi connectivity index (χ1n) is 10.9. The Morgan fingerprint density at radius 3 is 2.77 bits per heavy atom. The molecule has 0 atom stereocenters. The number of benzene rings is 1. The molecule has 1 amide bonds. The van der Waals surface area contributed by atoms with Gasteiger partial charge in [0, 0.05) is 62.4 Å². The molecule has 2 aliphatic rings. The molecule has 7 nitrogen and oxygen atoms in total. The number of anilines is 1. The lowest BCUT2D eigenvalue weighted by Gasteiger charge is -2.37. The molecule has 31 heavy (non-hydrogen) atoms. The summed E-state index contributed by atoms with van der Waals surface area (Å²) in [4.78, 5) is 25.4. The zero-order valence-electron chi connectivity index (χ0n) is 18.3. The van der Waals surface area contributed by atoms with E-state index in [-0.39, 0.29) is 12.5 Å². The van der Waals surface area contributed by atoms with Crippen LogP contribution in [0.1, 0.15) is 17.4 Å². The molecule has 0 bridgehead atoms. The highest BCUT2D eigenvalue weighted by atomic mass is 32.1. The average molecular weight is 442 g/mol. The Labute approximate surface area is 188 Å². The van der Waals surface area contributed by atoms with Crippen molar-refractivity contribution in [3.63, 3.8) is 0 Å². The maximum absolute atomic E-state index is 12.8. The van der Waals surface area contributed by atoms with E-state index in [9.17, 15) is 4.79 Å². The minimum atomic E-state index is 0.0993. The molecule has 3 heterocycles. The van der Waals surface area contributed by atoms with Gasteiger partial charge in [0.15, 0.2) is 5.96 Å². The van der Waals surface area contributed by atoms with E-state index in [4.69, 9.17) is 4.74 Å². The first kappa shape index (κ1) is 21.5. The van der Waals surface area contributed by atoms with Crippen LogP contribution in [0.5, 0.6) is 5.75 Å². The Balaban J connectivity index is 1.34. The van der Waals surface area contributed by atoms with Crippen molar-refractivity contribution in [2.45, 2.75) is 19.9 Å². The van der Waals surface area contributed by atoms with E-state index < -0.39 is 0 Å². The van der Waals surface area contributed by atoms with Gasteiger partial charge in [-0.15, -0.1) is 11.3 Å². The number of thiophene rings is 1. The average Bonchev–Trinajstić information content (AvgIpc) is 3.30. The van der Waals surface area contributed by atoms with Crippen LogP contribution in [0.3, 0.4) is 0 Å². The van der Waals surface area contributed by atoms with Gasteiger partial charge in [0.05, 0.1) is 7.11 Å². The van der Waals surface area contributed by atoms with Crippen LogP contribution in [0, 0.1) is 0 Å². The predicted molar refractivity (Wildman–Crippen MR) is 126 cm³/mol. The third kappa shape index (κ3) is 5.12. The highest BCUT2D eigenvalue weighted by Gasteiger charge is 2.23. The lowest BCUT2D eigenvalue weighted by Crippen LogP contribution is -2.52. The quantitative estimate of drug-likeness (QED) is 0.571. The van der Waals surface area contributed by atoms with E-state index in [0.717, 1.165) is 57.4 Å². The van der Waals surface area contributed by atoms with Gasteiger partial charge in [0.1, 0.15) is 12.3 Å². The molecule has 1 fully saturated rings. The predicted octanol–water partition coefficient (Wildman–Crippen LogP) is 2.43. The van der Waals surface area contributed by atoms with Crippen LogP contribution in [0.25, 0.3) is 0 Å². The molecule has 1 aromatic carbocycles. The minimum absolute atomic E-state index is 0.0993. The largest absolute Gasteiger partial charge is 0.497 e. The van der Waals surface area contributed by atoms with Gasteiger partial charge >= 0.3 is 0 Å². The summed E-state index contributed by atoms with van der Waals surface area (Å²) in [5.74, 6) is 1.80. The molecular weight excluding hydrogens is 410 g/mol. The summed E-state index contributed by atoms with van der Waals surface area (Å²) in [6.07, 6.45) is 0.953. The Morgan fingerprint density at radius 2 is 2.00 bits per heavy atom. The van der Waals surface area contributed by atoms with Gasteiger partial charge in [-0.05, 0) is 42.5 Å². The standard InChI is InChI=1S/C23H31N5O2S/c1-3-24-23(25-16-22(29)28-9-7-21-18(17-28)8-14-31-21)27-12-10-26(11-13-27)19-5-4-6-20(15-19)30-2/h4-6,8,14-15H,3,7,9-13,16-17H2,1-2H3,(H,24,25). The smallest absolute Gasteiger partial charge is 0.244 e. The van der Waals surface area contributed by atoms with E-state index in [0.29, 0.717) is 6.54 Å². The number of piperazine rings is 1. The number of hydrogen-bond acceptors (Lipinski definition) is 5. The minimum Gasteiger partial charge on any atom is -0.497 e. The SMILES string of the molecule is CCNC(=NCC(=O)N1CCc2sccc2C1)N1CCN(c2cccc(OC)c2)CC1. The van der Waals surface area contributed by atoms with Crippen LogP contribution in [0.15, 0.2) is 40.7 Å². The van der Waals surface area contributed by atoms with Crippen molar-refractivity contribution >= 4 is 28.9 Å². The third-order valence-corrected chi connectivity index (χ3v) is 6.88. The summed E-state index contributed by atoms with van der Waals surface area (Å²) in [5, 5.41) is 5.48. The van der Waals surface area contributed by atoms with Gasteiger partial charge in [0.2, 0.25) is 5.91 Å². The van der Waals surface area contributed by atoms with Crippen molar-refractivity contribution in [2.24, 2.45) is 4.99 Å². The Bertz CT molecular complexity index is 920. The van der Waals surface area contributed by atoms with E-state index in [1.165, 1.54) is 16.1 Å². The Kier molecular flexibility index (Phi) is 6.96. The third-order valence-electron chi connectivity index (χ3n) is 5.86. The number of guanidine groups is 1. The lowest BCUT2D eigenvalue weighted by atomic mass is 10.1. The highest BCUT2D eigenvalue weighted by molar-refractivity contribution is 7.10. The molecule has 1 saturated heterocycles. The normalized spacial score (nSPS) is 16.8. The molecule has 1 N–H and O–H groups in total. The van der Waals surface area contributed by atoms with Crippen molar-refractivity contribution < 1.29 is 9.53 Å². The molecule has 2 aliphatic heterocycles. The number of hydrogen-bond donors (Lipinski definition) is 1. The Hall–Kier alpha value is -2.74. The van der Waals surface area contributed by atoms with Crippen molar-refractivity contribution in [3.05, 3.63) is 46.2 Å². The number of rotatable bonds is 5. The second-order valence-corrected chi connectivity index (χ2v) is 8.78. The highest BCUT2D eigenvalue weighted by Crippen LogP contribution is 2.24. The molecule has 0 unspecified atom stereocenters. The molecule has 0 radical (unpaired) electrons. The van der Waals surface area contributed by atoms with E-state index in [1.807, 2.05) is 17.0 Å². The van der Waals surface area contributed by atoms with Gasteiger partial charge in [-0.25, -0.2) is 4.99 Å². The van der Waals surface area contributed by atoms with Crippen molar-refractivity contribution in [2.75, 3.05) is 57.8 Å². The molecule has 8 heteroatoms. The molecular formula is C23H31N5O2S. The fraction of sp³-hybridized carbons (Fsp3) is 0.478. The number of methoxy groups -OCH3 is 1. The van der Waals surface area contributed by atoms with Gasteiger partial charge in [-0.3, -0.25) is 4.79 Å². The van der Waals surface area contributed by atoms with Crippen LogP contribution in [0.4, 0.5) is 5.69 Å². The summed E-state index contributed by atoms with van der Waals surface area (Å²) >= 11 is 1.79. The number of carbonyl (C=O) groups is 1. The van der Waals surface area contributed by atoms with E-state index in [2.05, 4.69) is 50.6 Å². The summed E-state index contributed by atoms with van der Waals surface area (Å²) in [6.45, 7) is 8.06. The second kappa shape index (κ2) is 10.0. The lowest BCUT2D eigenvalue weighted by molar-refractivity contribution is -0.130. The van der Waals surface area contributed by atoms with Gasteiger partial charge in [-0.1, -0.05) is 6.07 Å². The first-order valence-corrected chi connectivity index (χ1v) is 11.8. The van der Waals surface area contributed by atoms with E-state index in [1.54, 1.807) is 18.4 Å². The van der Waals surface area contributed by atoms with Crippen molar-refractivity contribution in [3.8, 4) is 5.75 Å². The molecule has 1 aromatic heterocycles. The van der Waals surface area contributed by atoms with Crippen LogP contribution in [-0.2, 0) is 17.8 Å². The first-order chi connectivity index (χ1) is 15.2. The molecule has 2 aromatic rings. The fourth-order valence-electron chi connectivity index (χ4n) is 4.11. The van der Waals surface area contributed by atoms with Crippen molar-refractivity contribution in [1.82, 2.24) is 15.1 Å². The fourth-order valence-corrected chi connectivity index (χ4v) is 5.00. The van der Waals surface area contributed by atoms with Crippen LogP contribution in [-0.4, -0.2) is 74.6 Å². The molecule has 166 valence electrons. The van der Waals surface area contributed by atoms with Gasteiger partial charge in [-0.2, -0.15) is 0 Å². The number of aliphatic imine (C=N–C) groups is 1. The molecule has 0 aliphatic carbocycles. The second-order valence-electron chi connectivity index (χ2n) is 7.78. The Morgan fingerprint density at radius 1 is 1.16 bits per heavy atom. The maximum Gasteiger partial charge on any atom is 0.244 e. The number of ether oxygens (including phenoxy) is 1. The number of amides is 1. The zero-order chi connectivity index (χ0) is 21.6. The topological polar surface area (TPSA) is 60.4 Å². The zero-order valence-corrected chi connectivity index (χ0v) is 19.2. The van der Waals surface area contributed by atoms with Gasteiger partial charge in [0.25, 0.3) is 0 Å². The molecule has 0 spiro atoms. The van der Waals surface area contributed by atoms with Crippen LogP contribution >= 0.6 is 11.3 Å². The summed E-state index contributed by atoms with van der Waals surface area (Å²) < 4.78 is 5.35. The van der Waals surface area contributed by atoms with Crippen LogP contribution < -0.4 is 15.0 Å². The monoisotopic (exact) mass is 441 g/mol. The number of nitrogens with zero attached hydrogens (tertiary/aromatic N) is 4. The summed E-state index contributed by atoms with van der Waals surface area (Å²) in [5.41, 5.74) is 2.46. The van der Waals surface area contributed by atoms with E-state index >= 15 is 0 Å². The summed E-state index contributed by atoms with van der Waals surface area (Å²) in [6, 6.07) is 10.3. The number of nitrogens with one attached hydrogen (secondary N) is 1. The van der Waals surface area contributed by atoms with Gasteiger partial charge < -0.3 is 24.8 Å². The van der Waals surface area contributed by atoms with Crippen molar-refractivity contribution in [1.29, 1.82) is 0 Å². The maximum atomic E-state index is 12.8. The molecule has 0 saturated carbocycles. The number of fused-ring (bicyclic) bond motifs is 1. The number of carbonyl (C=O) groups excluding carboxylic acids is 1. The van der Waals surface area contributed by atoms with Crippen LogP contribution in [0.2, 0.25) is 0 Å². The summed E-state index contributed by atoms with van der Waals surface area (Å²) in [7, 11) is 1.70. The molecule has 4 rings (SSSR count).